The molecule has 0 unspecified atom stereocenters. The molecule has 6 heteroatoms. The van der Waals surface area contributed by atoms with E-state index in [2.05, 4.69) is 0 Å². The van der Waals surface area contributed by atoms with Crippen molar-refractivity contribution in [3.8, 4) is 11.5 Å². The van der Waals surface area contributed by atoms with Crippen LogP contribution in [0.15, 0.2) is 12.1 Å². The highest BCUT2D eigenvalue weighted by Crippen LogP contribution is 2.38. The zero-order valence-electron chi connectivity index (χ0n) is 11.4. The first-order valence-corrected chi connectivity index (χ1v) is 6.92. The Balaban J connectivity index is 2.07. The Hall–Kier alpha value is -1.46. The lowest BCUT2D eigenvalue weighted by Gasteiger charge is -2.17. The third-order valence-electron chi connectivity index (χ3n) is 3.02. The van der Waals surface area contributed by atoms with Gasteiger partial charge in [-0.05, 0) is 24.7 Å². The van der Waals surface area contributed by atoms with Gasteiger partial charge >= 0.3 is 5.97 Å². The lowest BCUT2D eigenvalue weighted by Crippen LogP contribution is -2.21. The Bertz CT molecular complexity index is 492. The van der Waals surface area contributed by atoms with Crippen molar-refractivity contribution in [1.29, 1.82) is 0 Å². The number of nitrogens with zero attached hydrogens (tertiary/aromatic N) is 1. The highest BCUT2D eigenvalue weighted by Gasteiger charge is 2.16. The van der Waals surface area contributed by atoms with E-state index in [1.165, 1.54) is 0 Å². The van der Waals surface area contributed by atoms with Crippen LogP contribution in [0.5, 0.6) is 11.5 Å². The molecule has 0 bridgehead atoms. The van der Waals surface area contributed by atoms with Crippen molar-refractivity contribution in [1.82, 2.24) is 4.90 Å². The van der Waals surface area contributed by atoms with E-state index in [1.807, 2.05) is 24.1 Å². The Labute approximate surface area is 123 Å². The molecule has 0 fully saturated rings. The molecule has 1 N–H and O–H groups in total. The minimum absolute atomic E-state index is 0.120. The lowest BCUT2D eigenvalue weighted by atomic mass is 10.2. The Kier molecular flexibility index (Phi) is 5.09. The molecular formula is C14H18ClNO4. The number of ether oxygens (including phenoxy) is 2. The number of aliphatic carboxylic acids is 1. The van der Waals surface area contributed by atoms with Gasteiger partial charge in [0.25, 0.3) is 0 Å². The third kappa shape index (κ3) is 4.02. The van der Waals surface area contributed by atoms with E-state index >= 15 is 0 Å². The second kappa shape index (κ2) is 6.81. The fourth-order valence-electron chi connectivity index (χ4n) is 2.05. The number of fused-ring (bicyclic) bond motifs is 1. The zero-order valence-corrected chi connectivity index (χ0v) is 12.2. The van der Waals surface area contributed by atoms with Crippen molar-refractivity contribution in [3.63, 3.8) is 0 Å². The van der Waals surface area contributed by atoms with Crippen LogP contribution in [0, 0.1) is 0 Å². The van der Waals surface area contributed by atoms with Crippen LogP contribution in [0.1, 0.15) is 18.4 Å². The van der Waals surface area contributed by atoms with Crippen LogP contribution < -0.4 is 9.47 Å². The highest BCUT2D eigenvalue weighted by atomic mass is 35.5. The van der Waals surface area contributed by atoms with Crippen molar-refractivity contribution in [2.75, 3.05) is 26.8 Å². The maximum absolute atomic E-state index is 10.6. The number of hydrogen-bond acceptors (Lipinski definition) is 4. The number of carboxylic acids is 1. The molecule has 20 heavy (non-hydrogen) atoms. The maximum Gasteiger partial charge on any atom is 0.304 e. The van der Waals surface area contributed by atoms with Gasteiger partial charge in [0.05, 0.1) is 24.7 Å². The smallest absolute Gasteiger partial charge is 0.304 e. The van der Waals surface area contributed by atoms with Crippen LogP contribution >= 0.6 is 11.6 Å². The average Bonchev–Trinajstić information content (AvgIpc) is 2.62. The summed E-state index contributed by atoms with van der Waals surface area (Å²) < 4.78 is 11.2. The normalized spacial score (nSPS) is 14.2. The van der Waals surface area contributed by atoms with Crippen LogP contribution in [0.2, 0.25) is 5.02 Å². The molecule has 1 aliphatic heterocycles. The van der Waals surface area contributed by atoms with Crippen molar-refractivity contribution >= 4 is 17.6 Å². The van der Waals surface area contributed by atoms with E-state index in [1.54, 1.807) is 0 Å². The number of hydrogen-bond donors (Lipinski definition) is 1. The average molecular weight is 300 g/mol. The Morgan fingerprint density at radius 2 is 2.15 bits per heavy atom. The molecule has 2 rings (SSSR count). The first-order chi connectivity index (χ1) is 9.56. The first-order valence-electron chi connectivity index (χ1n) is 6.54. The Morgan fingerprint density at radius 1 is 1.40 bits per heavy atom. The van der Waals surface area contributed by atoms with Gasteiger partial charge < -0.3 is 19.5 Å². The Morgan fingerprint density at radius 3 is 2.90 bits per heavy atom. The van der Waals surface area contributed by atoms with Gasteiger partial charge in [0.2, 0.25) is 0 Å². The summed E-state index contributed by atoms with van der Waals surface area (Å²) in [6.07, 6.45) is 0.952. The molecule has 0 aliphatic carbocycles. The molecule has 1 aromatic carbocycles. The summed E-state index contributed by atoms with van der Waals surface area (Å²) in [7, 11) is 1.87. The van der Waals surface area contributed by atoms with Gasteiger partial charge in [0.15, 0.2) is 11.5 Å². The standard InChI is InChI=1S/C14H18ClNO4/c1-16(4-3-13(17)18)9-10-7-11(15)14-12(8-10)19-5-2-6-20-14/h7-8H,2-6,9H2,1H3,(H,17,18). The molecule has 0 spiro atoms. The van der Waals surface area contributed by atoms with Gasteiger partial charge in [-0.1, -0.05) is 11.6 Å². The summed E-state index contributed by atoms with van der Waals surface area (Å²) in [5, 5.41) is 9.21. The molecule has 0 amide bonds. The summed E-state index contributed by atoms with van der Waals surface area (Å²) in [6, 6.07) is 3.75. The van der Waals surface area contributed by atoms with Gasteiger partial charge in [0.1, 0.15) is 0 Å². The topological polar surface area (TPSA) is 59.0 Å². The maximum atomic E-state index is 10.6. The summed E-state index contributed by atoms with van der Waals surface area (Å²) in [4.78, 5) is 12.5. The molecular weight excluding hydrogens is 282 g/mol. The predicted molar refractivity (Wildman–Crippen MR) is 75.6 cm³/mol. The van der Waals surface area contributed by atoms with E-state index in [9.17, 15) is 4.79 Å². The molecule has 5 nitrogen and oxygen atoms in total. The molecule has 1 aliphatic rings. The van der Waals surface area contributed by atoms with Gasteiger partial charge in [0, 0.05) is 19.5 Å². The van der Waals surface area contributed by atoms with Gasteiger partial charge in [-0.25, -0.2) is 0 Å². The fraction of sp³-hybridized carbons (Fsp3) is 0.500. The summed E-state index contributed by atoms with van der Waals surface area (Å²) >= 11 is 6.21. The monoisotopic (exact) mass is 299 g/mol. The second-order valence-electron chi connectivity index (χ2n) is 4.84. The minimum Gasteiger partial charge on any atom is -0.489 e. The van der Waals surface area contributed by atoms with Crippen molar-refractivity contribution in [3.05, 3.63) is 22.7 Å². The largest absolute Gasteiger partial charge is 0.489 e. The van der Waals surface area contributed by atoms with E-state index in [0.29, 0.717) is 42.8 Å². The predicted octanol–water partition coefficient (Wildman–Crippen LogP) is 2.41. The van der Waals surface area contributed by atoms with Gasteiger partial charge in [-0.15, -0.1) is 0 Å². The molecule has 0 saturated carbocycles. The quantitative estimate of drug-likeness (QED) is 0.905. The number of carbonyl (C=O) groups is 1. The number of benzene rings is 1. The summed E-state index contributed by atoms with van der Waals surface area (Å²) in [5.41, 5.74) is 0.979. The van der Waals surface area contributed by atoms with Crippen LogP contribution in [0.4, 0.5) is 0 Å². The second-order valence-corrected chi connectivity index (χ2v) is 5.24. The van der Waals surface area contributed by atoms with Gasteiger partial charge in [-0.3, -0.25) is 4.79 Å². The van der Waals surface area contributed by atoms with E-state index in [-0.39, 0.29) is 6.42 Å². The lowest BCUT2D eigenvalue weighted by molar-refractivity contribution is -0.137. The SMILES string of the molecule is CN(CCC(=O)O)Cc1cc(Cl)c2c(c1)OCCCO2. The van der Waals surface area contributed by atoms with Crippen molar-refractivity contribution in [2.24, 2.45) is 0 Å². The van der Waals surface area contributed by atoms with E-state index in [0.717, 1.165) is 12.0 Å². The van der Waals surface area contributed by atoms with Crippen LogP contribution in [-0.4, -0.2) is 42.8 Å². The first kappa shape index (κ1) is 14.9. The summed E-state index contributed by atoms with van der Waals surface area (Å²) in [6.45, 7) is 2.32. The number of rotatable bonds is 5. The van der Waals surface area contributed by atoms with E-state index < -0.39 is 5.97 Å². The van der Waals surface area contributed by atoms with Crippen LogP contribution in [-0.2, 0) is 11.3 Å². The van der Waals surface area contributed by atoms with Gasteiger partial charge in [-0.2, -0.15) is 0 Å². The molecule has 1 heterocycles. The highest BCUT2D eigenvalue weighted by molar-refractivity contribution is 6.32. The molecule has 0 radical (unpaired) electrons. The van der Waals surface area contributed by atoms with Crippen LogP contribution in [0.25, 0.3) is 0 Å². The molecule has 1 aromatic rings. The number of halogens is 1. The van der Waals surface area contributed by atoms with Crippen LogP contribution in [0.3, 0.4) is 0 Å². The molecule has 110 valence electrons. The van der Waals surface area contributed by atoms with Crippen molar-refractivity contribution in [2.45, 2.75) is 19.4 Å². The molecule has 0 saturated heterocycles. The molecule has 0 aromatic heterocycles. The molecule has 0 atom stereocenters. The third-order valence-corrected chi connectivity index (χ3v) is 3.30. The minimum atomic E-state index is -0.798. The number of carboxylic acid groups (broad SMARTS) is 1. The summed E-state index contributed by atoms with van der Waals surface area (Å²) in [5.74, 6) is 0.464. The van der Waals surface area contributed by atoms with E-state index in [4.69, 9.17) is 26.2 Å². The van der Waals surface area contributed by atoms with Crippen molar-refractivity contribution < 1.29 is 19.4 Å². The zero-order chi connectivity index (χ0) is 14.5. The fourth-order valence-corrected chi connectivity index (χ4v) is 2.34.